The Morgan fingerprint density at radius 3 is 2.36 bits per heavy atom. The van der Waals surface area contributed by atoms with Gasteiger partial charge in [-0.2, -0.15) is 0 Å². The van der Waals surface area contributed by atoms with Crippen LogP contribution in [0.25, 0.3) is 0 Å². The maximum absolute atomic E-state index is 12.6. The fourth-order valence-electron chi connectivity index (χ4n) is 2.38. The molecule has 0 heterocycles. The fraction of sp³-hybridized carbons (Fsp3) is 0.235. The number of nitrogens with one attached hydrogen (secondary N) is 1. The van der Waals surface area contributed by atoms with Gasteiger partial charge in [-0.3, -0.25) is 9.10 Å². The first-order valence-electron chi connectivity index (χ1n) is 7.41. The van der Waals surface area contributed by atoms with E-state index in [0.717, 1.165) is 15.0 Å². The Labute approximate surface area is 161 Å². The summed E-state index contributed by atoms with van der Waals surface area (Å²) in [5.41, 5.74) is 1.67. The van der Waals surface area contributed by atoms with Gasteiger partial charge in [0, 0.05) is 15.2 Å². The molecule has 1 amide bonds. The zero-order valence-electron chi connectivity index (χ0n) is 14.0. The molecule has 25 heavy (non-hydrogen) atoms. The number of aryl methyl sites for hydroxylation is 1. The van der Waals surface area contributed by atoms with Crippen LogP contribution in [0, 0.1) is 6.92 Å². The maximum atomic E-state index is 12.6. The first-order valence-corrected chi connectivity index (χ1v) is 10.4. The summed E-state index contributed by atoms with van der Waals surface area (Å²) in [6.07, 6.45) is 1.07. The molecule has 2 rings (SSSR count). The minimum atomic E-state index is -3.69. The van der Waals surface area contributed by atoms with E-state index < -0.39 is 22.0 Å². The molecule has 8 heteroatoms. The van der Waals surface area contributed by atoms with Crippen molar-refractivity contribution in [3.8, 4) is 0 Å². The summed E-state index contributed by atoms with van der Waals surface area (Å²) >= 11 is 9.34. The second-order valence-corrected chi connectivity index (χ2v) is 8.87. The molecular formula is C17H18BrClN2O3S. The lowest BCUT2D eigenvalue weighted by atomic mass is 10.1. The molecule has 134 valence electrons. The van der Waals surface area contributed by atoms with E-state index >= 15 is 0 Å². The highest BCUT2D eigenvalue weighted by molar-refractivity contribution is 9.10. The number of benzene rings is 2. The number of rotatable bonds is 5. The van der Waals surface area contributed by atoms with E-state index in [2.05, 4.69) is 21.2 Å². The Kier molecular flexibility index (Phi) is 6.13. The lowest BCUT2D eigenvalue weighted by Gasteiger charge is -2.29. The minimum absolute atomic E-state index is 0.383. The van der Waals surface area contributed by atoms with Crippen LogP contribution in [0.3, 0.4) is 0 Å². The molecule has 0 saturated carbocycles. The Bertz CT molecular complexity index is 885. The molecule has 2 aromatic rings. The molecule has 0 aliphatic heterocycles. The van der Waals surface area contributed by atoms with Gasteiger partial charge in [0.2, 0.25) is 15.9 Å². The third-order valence-electron chi connectivity index (χ3n) is 3.61. The number of halogens is 2. The smallest absolute Gasteiger partial charge is 0.247 e. The zero-order chi connectivity index (χ0) is 18.8. The van der Waals surface area contributed by atoms with Crippen molar-refractivity contribution >= 4 is 54.8 Å². The number of amides is 1. The number of hydrogen-bond donors (Lipinski definition) is 1. The van der Waals surface area contributed by atoms with Crippen molar-refractivity contribution in [3.63, 3.8) is 0 Å². The van der Waals surface area contributed by atoms with Crippen LogP contribution < -0.4 is 9.62 Å². The Balaban J connectivity index is 2.36. The van der Waals surface area contributed by atoms with Crippen LogP contribution in [-0.4, -0.2) is 26.6 Å². The van der Waals surface area contributed by atoms with Crippen LogP contribution >= 0.6 is 27.5 Å². The van der Waals surface area contributed by atoms with Gasteiger partial charge in [0.15, 0.2) is 0 Å². The summed E-state index contributed by atoms with van der Waals surface area (Å²) in [7, 11) is -3.69. The largest absolute Gasteiger partial charge is 0.324 e. The number of carbonyl (C=O) groups is 1. The van der Waals surface area contributed by atoms with Crippen molar-refractivity contribution in [1.29, 1.82) is 0 Å². The van der Waals surface area contributed by atoms with Crippen molar-refractivity contribution < 1.29 is 13.2 Å². The molecule has 0 spiro atoms. The summed E-state index contributed by atoms with van der Waals surface area (Å²) in [6.45, 7) is 3.30. The topological polar surface area (TPSA) is 66.5 Å². The van der Waals surface area contributed by atoms with Crippen molar-refractivity contribution in [1.82, 2.24) is 0 Å². The third-order valence-corrected chi connectivity index (χ3v) is 5.60. The van der Waals surface area contributed by atoms with Crippen molar-refractivity contribution in [3.05, 3.63) is 57.5 Å². The standard InChI is InChI=1S/C17H18BrClN2O3S/c1-11-4-7-14(19)10-16(11)21(25(3,23)24)12(2)17(22)20-15-8-5-13(18)6-9-15/h4-10,12H,1-3H3,(H,20,22)/t12-/m1/s1. The predicted octanol–water partition coefficient (Wildman–Crippen LogP) is 4.20. The molecule has 0 aliphatic carbocycles. The average molecular weight is 446 g/mol. The summed E-state index contributed by atoms with van der Waals surface area (Å²) in [5.74, 6) is -0.438. The molecule has 0 bridgehead atoms. The highest BCUT2D eigenvalue weighted by Crippen LogP contribution is 2.28. The monoisotopic (exact) mass is 444 g/mol. The molecule has 0 radical (unpaired) electrons. The Morgan fingerprint density at radius 1 is 1.20 bits per heavy atom. The summed E-state index contributed by atoms with van der Waals surface area (Å²) < 4.78 is 26.6. The van der Waals surface area contributed by atoms with Gasteiger partial charge in [-0.25, -0.2) is 8.42 Å². The van der Waals surface area contributed by atoms with Gasteiger partial charge in [-0.05, 0) is 55.8 Å². The lowest BCUT2D eigenvalue weighted by Crippen LogP contribution is -2.45. The predicted molar refractivity (Wildman–Crippen MR) is 106 cm³/mol. The summed E-state index contributed by atoms with van der Waals surface area (Å²) in [6, 6.07) is 11.0. The van der Waals surface area contributed by atoms with Gasteiger partial charge < -0.3 is 5.32 Å². The first-order chi connectivity index (χ1) is 11.6. The van der Waals surface area contributed by atoms with Crippen LogP contribution in [0.2, 0.25) is 5.02 Å². The van der Waals surface area contributed by atoms with Crippen LogP contribution in [0.1, 0.15) is 12.5 Å². The van der Waals surface area contributed by atoms with Gasteiger partial charge in [-0.1, -0.05) is 33.6 Å². The van der Waals surface area contributed by atoms with Gasteiger partial charge >= 0.3 is 0 Å². The quantitative estimate of drug-likeness (QED) is 0.750. The number of anilines is 2. The normalized spacial score (nSPS) is 12.5. The van der Waals surface area contributed by atoms with Crippen LogP contribution in [0.4, 0.5) is 11.4 Å². The maximum Gasteiger partial charge on any atom is 0.247 e. The molecule has 2 aromatic carbocycles. The number of hydrogen-bond acceptors (Lipinski definition) is 3. The minimum Gasteiger partial charge on any atom is -0.324 e. The molecule has 1 N–H and O–H groups in total. The Morgan fingerprint density at radius 2 is 1.80 bits per heavy atom. The van der Waals surface area contributed by atoms with Crippen molar-refractivity contribution in [2.75, 3.05) is 15.9 Å². The molecule has 0 unspecified atom stereocenters. The number of carbonyl (C=O) groups excluding carboxylic acids is 1. The van der Waals surface area contributed by atoms with Crippen molar-refractivity contribution in [2.45, 2.75) is 19.9 Å². The second kappa shape index (κ2) is 7.76. The summed E-state index contributed by atoms with van der Waals surface area (Å²) in [5, 5.41) is 3.12. The molecule has 0 aromatic heterocycles. The highest BCUT2D eigenvalue weighted by atomic mass is 79.9. The summed E-state index contributed by atoms with van der Waals surface area (Å²) in [4.78, 5) is 12.6. The molecule has 5 nitrogen and oxygen atoms in total. The first kappa shape index (κ1) is 19.8. The SMILES string of the molecule is Cc1ccc(Cl)cc1N([C@H](C)C(=O)Nc1ccc(Br)cc1)S(C)(=O)=O. The van der Waals surface area contributed by atoms with E-state index in [1.165, 1.54) is 6.92 Å². The zero-order valence-corrected chi connectivity index (χ0v) is 17.1. The number of nitrogens with zero attached hydrogens (tertiary/aromatic N) is 1. The van der Waals surface area contributed by atoms with Crippen LogP contribution in [0.15, 0.2) is 46.9 Å². The highest BCUT2D eigenvalue weighted by Gasteiger charge is 2.30. The second-order valence-electron chi connectivity index (χ2n) is 5.66. The third kappa shape index (κ3) is 4.96. The molecule has 1 atom stereocenters. The van der Waals surface area contributed by atoms with E-state index in [1.54, 1.807) is 49.4 Å². The average Bonchev–Trinajstić information content (AvgIpc) is 2.51. The molecule has 0 aliphatic rings. The Hall–Kier alpha value is -1.57. The van der Waals surface area contributed by atoms with Gasteiger partial charge in [0.05, 0.1) is 11.9 Å². The van der Waals surface area contributed by atoms with E-state index in [1.807, 2.05) is 0 Å². The van der Waals surface area contributed by atoms with E-state index in [-0.39, 0.29) is 0 Å². The number of sulfonamides is 1. The molecular weight excluding hydrogens is 428 g/mol. The molecule has 0 saturated heterocycles. The van der Waals surface area contributed by atoms with Gasteiger partial charge in [0.25, 0.3) is 0 Å². The molecule has 0 fully saturated rings. The van der Waals surface area contributed by atoms with E-state index in [9.17, 15) is 13.2 Å². The van der Waals surface area contributed by atoms with E-state index in [4.69, 9.17) is 11.6 Å². The van der Waals surface area contributed by atoms with Crippen LogP contribution in [-0.2, 0) is 14.8 Å². The lowest BCUT2D eigenvalue weighted by molar-refractivity contribution is -0.116. The van der Waals surface area contributed by atoms with Gasteiger partial charge in [-0.15, -0.1) is 0 Å². The fourth-order valence-corrected chi connectivity index (χ4v) is 4.04. The van der Waals surface area contributed by atoms with E-state index in [0.29, 0.717) is 22.0 Å². The van der Waals surface area contributed by atoms with Gasteiger partial charge in [0.1, 0.15) is 6.04 Å². The van der Waals surface area contributed by atoms with Crippen molar-refractivity contribution in [2.24, 2.45) is 0 Å². The van der Waals surface area contributed by atoms with Crippen LogP contribution in [0.5, 0.6) is 0 Å².